The van der Waals surface area contributed by atoms with Gasteiger partial charge in [-0.1, -0.05) is 5.92 Å². The Morgan fingerprint density at radius 1 is 1.34 bits per heavy atom. The number of rotatable bonds is 3. The standard InChI is InChI=1S/C21H23N6OP/c1-13-20(28-13)16-12-24-27-9-6-19(25-21(16)27)26-8-3-5-18(26)15-10-14(29)11-23-17(15)4-2-7-22/h6,9-13,18,20H,3,5,7-8,22,29H2,1H3/t13?,18-,20?/m1/s1. The minimum absolute atomic E-state index is 0.0979. The van der Waals surface area contributed by atoms with Crippen LogP contribution in [0, 0.1) is 11.8 Å². The average Bonchev–Trinajstić information content (AvgIpc) is 3.12. The van der Waals surface area contributed by atoms with E-state index >= 15 is 0 Å². The summed E-state index contributed by atoms with van der Waals surface area (Å²) in [6.07, 6.45) is 8.13. The maximum Gasteiger partial charge on any atom is 0.163 e. The van der Waals surface area contributed by atoms with Gasteiger partial charge in [0.25, 0.3) is 0 Å². The predicted molar refractivity (Wildman–Crippen MR) is 115 cm³/mol. The predicted octanol–water partition coefficient (Wildman–Crippen LogP) is 1.74. The van der Waals surface area contributed by atoms with Crippen LogP contribution in [0.4, 0.5) is 5.82 Å². The minimum Gasteiger partial charge on any atom is -0.365 e. The van der Waals surface area contributed by atoms with Crippen LogP contribution in [0.15, 0.2) is 30.7 Å². The molecule has 0 amide bonds. The topological polar surface area (TPSA) is 84.9 Å². The molecule has 8 heteroatoms. The Morgan fingerprint density at radius 3 is 3.00 bits per heavy atom. The number of hydrogen-bond donors (Lipinski definition) is 1. The van der Waals surface area contributed by atoms with Gasteiger partial charge in [0, 0.05) is 30.1 Å². The molecule has 0 aromatic carbocycles. The van der Waals surface area contributed by atoms with Crippen LogP contribution < -0.4 is 15.9 Å². The van der Waals surface area contributed by atoms with Crippen molar-refractivity contribution >= 4 is 26.0 Å². The highest BCUT2D eigenvalue weighted by Crippen LogP contribution is 2.41. The lowest BCUT2D eigenvalue weighted by Gasteiger charge is -2.27. The molecule has 2 aliphatic heterocycles. The van der Waals surface area contributed by atoms with Crippen LogP contribution in [-0.4, -0.2) is 38.8 Å². The lowest BCUT2D eigenvalue weighted by Crippen LogP contribution is -2.25. The van der Waals surface area contributed by atoms with Gasteiger partial charge in [0.15, 0.2) is 5.65 Å². The summed E-state index contributed by atoms with van der Waals surface area (Å²) in [6.45, 7) is 3.33. The van der Waals surface area contributed by atoms with E-state index in [2.05, 4.69) is 49.1 Å². The first-order valence-electron chi connectivity index (χ1n) is 9.86. The summed E-state index contributed by atoms with van der Waals surface area (Å²) in [4.78, 5) is 11.9. The zero-order chi connectivity index (χ0) is 20.0. The molecular formula is C21H23N6OP. The number of epoxide rings is 1. The molecule has 5 heterocycles. The average molecular weight is 406 g/mol. The summed E-state index contributed by atoms with van der Waals surface area (Å²) in [5.41, 5.74) is 9.42. The molecule has 2 N–H and O–H groups in total. The Hall–Kier alpha value is -2.52. The molecule has 0 radical (unpaired) electrons. The van der Waals surface area contributed by atoms with Gasteiger partial charge in [0.2, 0.25) is 0 Å². The minimum atomic E-state index is 0.0979. The van der Waals surface area contributed by atoms with Gasteiger partial charge >= 0.3 is 0 Å². The van der Waals surface area contributed by atoms with Gasteiger partial charge in [-0.2, -0.15) is 5.10 Å². The number of fused-ring (bicyclic) bond motifs is 1. The molecule has 7 nitrogen and oxygen atoms in total. The van der Waals surface area contributed by atoms with Crippen molar-refractivity contribution in [3.63, 3.8) is 0 Å². The molecule has 29 heavy (non-hydrogen) atoms. The Morgan fingerprint density at radius 2 is 2.21 bits per heavy atom. The van der Waals surface area contributed by atoms with Gasteiger partial charge in [0.05, 0.1) is 24.9 Å². The summed E-state index contributed by atoms with van der Waals surface area (Å²) in [5, 5.41) is 5.48. The molecule has 0 spiro atoms. The highest BCUT2D eigenvalue weighted by Gasteiger charge is 2.38. The van der Waals surface area contributed by atoms with Gasteiger partial charge in [-0.25, -0.2) is 14.5 Å². The number of aromatic nitrogens is 4. The van der Waals surface area contributed by atoms with Gasteiger partial charge in [-0.05, 0) is 43.1 Å². The molecule has 3 aromatic rings. The molecule has 5 rings (SSSR count). The molecule has 148 valence electrons. The van der Waals surface area contributed by atoms with E-state index in [4.69, 9.17) is 15.5 Å². The smallest absolute Gasteiger partial charge is 0.163 e. The van der Waals surface area contributed by atoms with Gasteiger partial charge in [-0.15, -0.1) is 9.24 Å². The maximum atomic E-state index is 5.65. The number of ether oxygens (including phenoxy) is 1. The molecule has 0 bridgehead atoms. The number of nitrogens with zero attached hydrogens (tertiary/aromatic N) is 5. The lowest BCUT2D eigenvalue weighted by molar-refractivity contribution is 0.383. The van der Waals surface area contributed by atoms with Crippen molar-refractivity contribution in [3.05, 3.63) is 47.5 Å². The van der Waals surface area contributed by atoms with E-state index in [0.29, 0.717) is 6.54 Å². The highest BCUT2D eigenvalue weighted by molar-refractivity contribution is 7.27. The van der Waals surface area contributed by atoms with Crippen molar-refractivity contribution in [1.29, 1.82) is 0 Å². The van der Waals surface area contributed by atoms with E-state index in [9.17, 15) is 0 Å². The van der Waals surface area contributed by atoms with Crippen molar-refractivity contribution in [2.45, 2.75) is 38.0 Å². The van der Waals surface area contributed by atoms with Gasteiger partial charge in [-0.3, -0.25) is 0 Å². The van der Waals surface area contributed by atoms with E-state index < -0.39 is 0 Å². The lowest BCUT2D eigenvalue weighted by atomic mass is 10.0. The van der Waals surface area contributed by atoms with Crippen LogP contribution in [0.2, 0.25) is 0 Å². The molecule has 3 aromatic heterocycles. The number of pyridine rings is 1. The summed E-state index contributed by atoms with van der Waals surface area (Å²) in [5.74, 6) is 7.03. The SMILES string of the molecule is CC1OC1c1cnn2ccc(N3CCC[C@@H]3c3cc(P)cnc3C#CCN)nc12. The summed E-state index contributed by atoms with van der Waals surface area (Å²) < 4.78 is 7.47. The van der Waals surface area contributed by atoms with Crippen molar-refractivity contribution in [2.75, 3.05) is 18.0 Å². The molecule has 2 aliphatic rings. The summed E-state index contributed by atoms with van der Waals surface area (Å²) in [7, 11) is 2.73. The second-order valence-electron chi connectivity index (χ2n) is 7.48. The van der Waals surface area contributed by atoms with E-state index in [-0.39, 0.29) is 18.2 Å². The number of hydrogen-bond acceptors (Lipinski definition) is 6. The fraction of sp³-hybridized carbons (Fsp3) is 0.381. The van der Waals surface area contributed by atoms with Crippen LogP contribution in [0.5, 0.6) is 0 Å². The van der Waals surface area contributed by atoms with Crippen molar-refractivity contribution < 1.29 is 4.74 Å². The van der Waals surface area contributed by atoms with E-state index in [1.54, 1.807) is 0 Å². The Bertz CT molecular complexity index is 1130. The Labute approximate surface area is 171 Å². The van der Waals surface area contributed by atoms with Crippen LogP contribution in [-0.2, 0) is 4.74 Å². The molecule has 0 aliphatic carbocycles. The third kappa shape index (κ3) is 3.38. The first kappa shape index (κ1) is 18.5. The first-order chi connectivity index (χ1) is 14.2. The molecule has 3 unspecified atom stereocenters. The Kier molecular flexibility index (Phi) is 4.71. The quantitative estimate of drug-likeness (QED) is 0.405. The van der Waals surface area contributed by atoms with Gasteiger partial charge in [0.1, 0.15) is 17.6 Å². The maximum absolute atomic E-state index is 5.65. The van der Waals surface area contributed by atoms with Crippen LogP contribution in [0.25, 0.3) is 5.65 Å². The van der Waals surface area contributed by atoms with Crippen LogP contribution in [0.1, 0.15) is 48.7 Å². The fourth-order valence-corrected chi connectivity index (χ4v) is 4.36. The van der Waals surface area contributed by atoms with Crippen molar-refractivity contribution in [2.24, 2.45) is 5.73 Å². The third-order valence-corrected chi connectivity index (χ3v) is 5.87. The largest absolute Gasteiger partial charge is 0.365 e. The third-order valence-electron chi connectivity index (χ3n) is 5.55. The molecular weight excluding hydrogens is 383 g/mol. The van der Waals surface area contributed by atoms with E-state index in [0.717, 1.165) is 53.0 Å². The van der Waals surface area contributed by atoms with Gasteiger partial charge < -0.3 is 15.4 Å². The van der Waals surface area contributed by atoms with Crippen LogP contribution >= 0.6 is 9.24 Å². The molecule has 0 saturated carbocycles. The van der Waals surface area contributed by atoms with Crippen molar-refractivity contribution in [1.82, 2.24) is 19.6 Å². The summed E-state index contributed by atoms with van der Waals surface area (Å²) in [6, 6.07) is 4.37. The first-order valence-corrected chi connectivity index (χ1v) is 10.4. The van der Waals surface area contributed by atoms with Crippen molar-refractivity contribution in [3.8, 4) is 11.8 Å². The molecule has 2 saturated heterocycles. The molecule has 2 fully saturated rings. The normalized spacial score (nSPS) is 23.3. The molecule has 4 atom stereocenters. The number of anilines is 1. The number of nitrogens with two attached hydrogens (primary N) is 1. The fourth-order valence-electron chi connectivity index (χ4n) is 4.11. The monoisotopic (exact) mass is 406 g/mol. The zero-order valence-corrected chi connectivity index (χ0v) is 17.4. The van der Waals surface area contributed by atoms with E-state index in [1.807, 2.05) is 29.2 Å². The second-order valence-corrected chi connectivity index (χ2v) is 8.15. The zero-order valence-electron chi connectivity index (χ0n) is 16.2. The second kappa shape index (κ2) is 7.38. The summed E-state index contributed by atoms with van der Waals surface area (Å²) >= 11 is 0. The highest BCUT2D eigenvalue weighted by atomic mass is 31.0. The van der Waals surface area contributed by atoms with Crippen LogP contribution in [0.3, 0.4) is 0 Å². The Balaban J connectivity index is 1.54. The van der Waals surface area contributed by atoms with E-state index in [1.165, 1.54) is 0 Å².